The molecule has 0 aliphatic rings. The molecule has 0 bridgehead atoms. The summed E-state index contributed by atoms with van der Waals surface area (Å²) >= 11 is 1.63. The van der Waals surface area contributed by atoms with Gasteiger partial charge in [-0.25, -0.2) is 9.98 Å². The molecule has 0 aliphatic carbocycles. The fourth-order valence-electron chi connectivity index (χ4n) is 2.58. The highest BCUT2D eigenvalue weighted by Gasteiger charge is 2.09. The third kappa shape index (κ3) is 3.43. The van der Waals surface area contributed by atoms with Gasteiger partial charge in [0.15, 0.2) is 10.9 Å². The molecule has 0 atom stereocenters. The molecule has 0 unspecified atom stereocenters. The number of aryl methyl sites for hydroxylation is 2. The zero-order valence-corrected chi connectivity index (χ0v) is 15.3. The van der Waals surface area contributed by atoms with Crippen molar-refractivity contribution >= 4 is 22.3 Å². The normalized spacial score (nSPS) is 12.1. The van der Waals surface area contributed by atoms with Crippen molar-refractivity contribution in [1.29, 1.82) is 0 Å². The molecule has 2 N–H and O–H groups in total. The maximum absolute atomic E-state index is 4.68. The number of hydrogen-bond donors (Lipinski definition) is 2. The van der Waals surface area contributed by atoms with Gasteiger partial charge in [0.1, 0.15) is 0 Å². The minimum Gasteiger partial charge on any atom is -0.357 e. The van der Waals surface area contributed by atoms with Gasteiger partial charge in [-0.3, -0.25) is 9.08 Å². The molecule has 0 amide bonds. The first kappa shape index (κ1) is 16.5. The lowest BCUT2D eigenvalue weighted by Gasteiger charge is -2.10. The number of fused-ring (bicyclic) bond motifs is 1. The summed E-state index contributed by atoms with van der Waals surface area (Å²) in [6.45, 7) is 8.23. The van der Waals surface area contributed by atoms with Gasteiger partial charge in [-0.05, 0) is 20.8 Å². The zero-order valence-electron chi connectivity index (χ0n) is 14.5. The Morgan fingerprint density at radius 1 is 1.33 bits per heavy atom. The van der Waals surface area contributed by atoms with Crippen LogP contribution in [0.5, 0.6) is 0 Å². The highest BCUT2D eigenvalue weighted by atomic mass is 32.1. The number of nitrogens with one attached hydrogen (secondary N) is 2. The average Bonchev–Trinajstić information content (AvgIpc) is 3.18. The molecule has 3 rings (SSSR count). The molecule has 0 aromatic carbocycles. The lowest BCUT2D eigenvalue weighted by atomic mass is 10.2. The van der Waals surface area contributed by atoms with E-state index >= 15 is 0 Å². The molecule has 7 nitrogen and oxygen atoms in total. The van der Waals surface area contributed by atoms with Crippen LogP contribution in [0.3, 0.4) is 0 Å². The Hall–Kier alpha value is -2.35. The number of thiazole rings is 1. The Balaban J connectivity index is 1.68. The van der Waals surface area contributed by atoms with Gasteiger partial charge in [0.05, 0.1) is 24.5 Å². The summed E-state index contributed by atoms with van der Waals surface area (Å²) in [6, 6.07) is 0. The van der Waals surface area contributed by atoms with Gasteiger partial charge in [0.25, 0.3) is 0 Å². The van der Waals surface area contributed by atoms with Crippen molar-refractivity contribution in [2.45, 2.75) is 33.9 Å². The van der Waals surface area contributed by atoms with E-state index in [1.54, 1.807) is 11.3 Å². The Morgan fingerprint density at radius 3 is 2.83 bits per heavy atom. The first-order chi connectivity index (χ1) is 11.6. The second-order valence-electron chi connectivity index (χ2n) is 5.65. The molecule has 0 aliphatic heterocycles. The topological polar surface area (TPSA) is 71.5 Å². The summed E-state index contributed by atoms with van der Waals surface area (Å²) < 4.78 is 3.94. The predicted molar refractivity (Wildman–Crippen MR) is 97.4 cm³/mol. The van der Waals surface area contributed by atoms with E-state index < -0.39 is 0 Å². The molecule has 0 fully saturated rings. The first-order valence-corrected chi connectivity index (χ1v) is 8.88. The zero-order chi connectivity index (χ0) is 17.1. The second kappa shape index (κ2) is 7.04. The Morgan fingerprint density at radius 2 is 2.17 bits per heavy atom. The van der Waals surface area contributed by atoms with Gasteiger partial charge < -0.3 is 10.6 Å². The van der Waals surface area contributed by atoms with Crippen LogP contribution in [0.25, 0.3) is 4.96 Å². The number of hydrogen-bond acceptors (Lipinski definition) is 4. The van der Waals surface area contributed by atoms with Crippen LogP contribution in [0.2, 0.25) is 0 Å². The molecule has 3 aromatic heterocycles. The van der Waals surface area contributed by atoms with E-state index in [0.717, 1.165) is 34.5 Å². The first-order valence-electron chi connectivity index (χ1n) is 8.00. The summed E-state index contributed by atoms with van der Waals surface area (Å²) in [5.41, 5.74) is 4.36. The average molecular weight is 345 g/mol. The second-order valence-corrected chi connectivity index (χ2v) is 6.52. The lowest BCUT2D eigenvalue weighted by molar-refractivity contribution is 0.730. The summed E-state index contributed by atoms with van der Waals surface area (Å²) in [5.74, 6) is 0.788. The summed E-state index contributed by atoms with van der Waals surface area (Å²) in [6.07, 6.45) is 4.06. The molecule has 0 spiro atoms. The molecular weight excluding hydrogens is 322 g/mol. The van der Waals surface area contributed by atoms with Crippen molar-refractivity contribution < 1.29 is 0 Å². The maximum atomic E-state index is 4.68. The number of guanidine groups is 1. The molecular formula is C16H23N7S. The number of imidazole rings is 1. The minimum atomic E-state index is 0.610. The van der Waals surface area contributed by atoms with E-state index in [2.05, 4.69) is 39.6 Å². The quantitative estimate of drug-likeness (QED) is 0.548. The van der Waals surface area contributed by atoms with Crippen molar-refractivity contribution in [3.05, 3.63) is 40.4 Å². The number of nitrogens with zero attached hydrogens (tertiary/aromatic N) is 5. The van der Waals surface area contributed by atoms with Gasteiger partial charge in [0.2, 0.25) is 0 Å². The highest BCUT2D eigenvalue weighted by Crippen LogP contribution is 2.13. The van der Waals surface area contributed by atoms with Gasteiger partial charge >= 0.3 is 0 Å². The monoisotopic (exact) mass is 345 g/mol. The van der Waals surface area contributed by atoms with Crippen molar-refractivity contribution in [2.24, 2.45) is 12.0 Å². The van der Waals surface area contributed by atoms with Crippen LogP contribution in [0.4, 0.5) is 0 Å². The molecule has 24 heavy (non-hydrogen) atoms. The smallest absolute Gasteiger partial charge is 0.193 e. The van der Waals surface area contributed by atoms with Crippen LogP contribution in [0, 0.1) is 13.8 Å². The van der Waals surface area contributed by atoms with Gasteiger partial charge in [-0.2, -0.15) is 5.10 Å². The standard InChI is InChI=1S/C16H23N7S/c1-5-17-15(19-9-14-11(2)21-22(4)12(14)3)18-8-13-10-23-6-7-24-16(23)20-13/h6-7,10H,5,8-9H2,1-4H3,(H2,17,18,19). The fraction of sp³-hybridized carbons (Fsp3) is 0.438. The van der Waals surface area contributed by atoms with E-state index in [1.807, 2.05) is 40.8 Å². The summed E-state index contributed by atoms with van der Waals surface area (Å²) in [4.78, 5) is 10.3. The molecule has 3 aromatic rings. The Kier molecular flexibility index (Phi) is 4.84. The van der Waals surface area contributed by atoms with Crippen LogP contribution in [-0.4, -0.2) is 31.7 Å². The molecule has 0 saturated carbocycles. The minimum absolute atomic E-state index is 0.610. The van der Waals surface area contributed by atoms with E-state index in [0.29, 0.717) is 13.1 Å². The molecule has 8 heteroatoms. The molecule has 0 radical (unpaired) electrons. The van der Waals surface area contributed by atoms with Crippen molar-refractivity contribution in [1.82, 2.24) is 29.8 Å². The van der Waals surface area contributed by atoms with Gasteiger partial charge in [0, 0.05) is 42.6 Å². The highest BCUT2D eigenvalue weighted by molar-refractivity contribution is 7.15. The van der Waals surface area contributed by atoms with Crippen molar-refractivity contribution in [3.63, 3.8) is 0 Å². The largest absolute Gasteiger partial charge is 0.357 e. The number of rotatable bonds is 5. The summed E-state index contributed by atoms with van der Waals surface area (Å²) in [7, 11) is 1.96. The Bertz CT molecular complexity index is 827. The SMILES string of the molecule is CCNC(=NCc1c(C)nn(C)c1C)NCc1cn2ccsc2n1. The van der Waals surface area contributed by atoms with Crippen molar-refractivity contribution in [2.75, 3.05) is 6.54 Å². The third-order valence-electron chi connectivity index (χ3n) is 3.98. The van der Waals surface area contributed by atoms with Crippen LogP contribution in [0.1, 0.15) is 29.6 Å². The number of aliphatic imine (C=N–C) groups is 1. The van der Waals surface area contributed by atoms with Crippen LogP contribution < -0.4 is 10.6 Å². The molecule has 0 saturated heterocycles. The lowest BCUT2D eigenvalue weighted by Crippen LogP contribution is -2.36. The Labute approximate surface area is 145 Å². The third-order valence-corrected chi connectivity index (χ3v) is 4.75. The molecule has 3 heterocycles. The summed E-state index contributed by atoms with van der Waals surface area (Å²) in [5, 5.41) is 13.1. The fourth-order valence-corrected chi connectivity index (χ4v) is 3.30. The van der Waals surface area contributed by atoms with Crippen LogP contribution in [-0.2, 0) is 20.1 Å². The van der Waals surface area contributed by atoms with Crippen molar-refractivity contribution in [3.8, 4) is 0 Å². The maximum Gasteiger partial charge on any atom is 0.193 e. The predicted octanol–water partition coefficient (Wildman–Crippen LogP) is 2.00. The van der Waals surface area contributed by atoms with E-state index in [-0.39, 0.29) is 0 Å². The van der Waals surface area contributed by atoms with Gasteiger partial charge in [-0.15, -0.1) is 11.3 Å². The van der Waals surface area contributed by atoms with Crippen LogP contribution in [0.15, 0.2) is 22.8 Å². The van der Waals surface area contributed by atoms with E-state index in [9.17, 15) is 0 Å². The number of aromatic nitrogens is 4. The van der Waals surface area contributed by atoms with Crippen LogP contribution >= 0.6 is 11.3 Å². The van der Waals surface area contributed by atoms with Gasteiger partial charge in [-0.1, -0.05) is 0 Å². The van der Waals surface area contributed by atoms with E-state index in [4.69, 9.17) is 0 Å². The molecule has 128 valence electrons. The van der Waals surface area contributed by atoms with E-state index in [1.165, 1.54) is 5.56 Å².